The lowest BCUT2D eigenvalue weighted by molar-refractivity contribution is 0.266. The molecule has 1 rings (SSSR count). The second-order valence-corrected chi connectivity index (χ2v) is 5.89. The molecule has 0 saturated heterocycles. The highest BCUT2D eigenvalue weighted by Crippen LogP contribution is 2.14. The first-order chi connectivity index (χ1) is 9.02. The van der Waals surface area contributed by atoms with E-state index in [-0.39, 0.29) is 24.7 Å². The van der Waals surface area contributed by atoms with Gasteiger partial charge in [-0.1, -0.05) is 11.8 Å². The van der Waals surface area contributed by atoms with Gasteiger partial charge in [-0.25, -0.2) is 8.42 Å². The van der Waals surface area contributed by atoms with Crippen LogP contribution in [0, 0.1) is 11.8 Å². The fourth-order valence-corrected chi connectivity index (χ4v) is 2.53. The first-order valence-electron chi connectivity index (χ1n) is 5.79. The molecule has 104 valence electrons. The van der Waals surface area contributed by atoms with Gasteiger partial charge in [0.2, 0.25) is 10.0 Å². The topological polar surface area (TPSA) is 77.8 Å². The quantitative estimate of drug-likeness (QED) is 0.748. The molecule has 1 aromatic carbocycles. The van der Waals surface area contributed by atoms with Gasteiger partial charge < -0.3 is 10.2 Å². The highest BCUT2D eigenvalue weighted by atomic mass is 32.2. The van der Waals surface area contributed by atoms with E-state index in [9.17, 15) is 8.42 Å². The molecule has 0 aliphatic heterocycles. The Morgan fingerprint density at radius 3 is 2.32 bits per heavy atom. The van der Waals surface area contributed by atoms with Crippen molar-refractivity contribution < 1.29 is 18.6 Å². The van der Waals surface area contributed by atoms with E-state index in [4.69, 9.17) is 10.2 Å². The van der Waals surface area contributed by atoms with Crippen LogP contribution in [0.1, 0.15) is 12.0 Å². The van der Waals surface area contributed by atoms with Crippen LogP contribution in [0.2, 0.25) is 0 Å². The molecule has 0 heterocycles. The Hall–Kier alpha value is -1.39. The molecule has 2 N–H and O–H groups in total. The largest absolute Gasteiger partial charge is 0.395 e. The number of hydrogen-bond acceptors (Lipinski definition) is 4. The highest BCUT2D eigenvalue weighted by molar-refractivity contribution is 7.89. The van der Waals surface area contributed by atoms with Gasteiger partial charge in [0.05, 0.1) is 18.1 Å². The van der Waals surface area contributed by atoms with Gasteiger partial charge in [0.15, 0.2) is 0 Å². The second-order valence-electron chi connectivity index (χ2n) is 3.85. The smallest absolute Gasteiger partial charge is 0.242 e. The molecule has 0 aliphatic rings. The number of aliphatic hydroxyl groups is 2. The number of benzene rings is 1. The maximum atomic E-state index is 12.0. The van der Waals surface area contributed by atoms with Crippen molar-refractivity contribution in [1.82, 2.24) is 4.31 Å². The Labute approximate surface area is 113 Å². The monoisotopic (exact) mass is 283 g/mol. The van der Waals surface area contributed by atoms with Gasteiger partial charge in [0.25, 0.3) is 0 Å². The van der Waals surface area contributed by atoms with Crippen LogP contribution in [0.15, 0.2) is 29.2 Å². The third-order valence-corrected chi connectivity index (χ3v) is 4.32. The van der Waals surface area contributed by atoms with Crippen molar-refractivity contribution >= 4 is 10.0 Å². The van der Waals surface area contributed by atoms with Crippen molar-refractivity contribution in [3.63, 3.8) is 0 Å². The molecule has 0 atom stereocenters. The predicted molar refractivity (Wildman–Crippen MR) is 71.9 cm³/mol. The standard InChI is InChI=1S/C13H17NO4S/c1-14(9-11-16)19(17,18)13-7-5-12(6-8-13)4-2-3-10-15/h5-8,15-16H,3,9-11H2,1H3. The van der Waals surface area contributed by atoms with Crippen molar-refractivity contribution in [3.05, 3.63) is 29.8 Å². The fraction of sp³-hybridized carbons (Fsp3) is 0.385. The van der Waals surface area contributed by atoms with Crippen LogP contribution in [-0.2, 0) is 10.0 Å². The lowest BCUT2D eigenvalue weighted by atomic mass is 10.2. The molecule has 5 nitrogen and oxygen atoms in total. The van der Waals surface area contributed by atoms with Crippen molar-refractivity contribution in [3.8, 4) is 11.8 Å². The van der Waals surface area contributed by atoms with E-state index in [0.717, 1.165) is 4.31 Å². The van der Waals surface area contributed by atoms with Crippen LogP contribution < -0.4 is 0 Å². The molecule has 0 aliphatic carbocycles. The van der Waals surface area contributed by atoms with E-state index in [1.54, 1.807) is 12.1 Å². The minimum Gasteiger partial charge on any atom is -0.395 e. The van der Waals surface area contributed by atoms with Crippen molar-refractivity contribution in [2.24, 2.45) is 0 Å². The van der Waals surface area contributed by atoms with Gasteiger partial charge in [0, 0.05) is 25.6 Å². The molecule has 0 amide bonds. The molecule has 0 radical (unpaired) electrons. The zero-order valence-corrected chi connectivity index (χ0v) is 11.5. The molecule has 1 aromatic rings. The van der Waals surface area contributed by atoms with Crippen LogP contribution in [0.3, 0.4) is 0 Å². The predicted octanol–water partition coefficient (Wildman–Crippen LogP) is 0.0333. The Balaban J connectivity index is 2.90. The van der Waals surface area contributed by atoms with Crippen molar-refractivity contribution in [2.75, 3.05) is 26.8 Å². The van der Waals surface area contributed by atoms with E-state index in [1.807, 2.05) is 0 Å². The number of hydrogen-bond donors (Lipinski definition) is 2. The van der Waals surface area contributed by atoms with Crippen LogP contribution >= 0.6 is 0 Å². The van der Waals surface area contributed by atoms with Gasteiger partial charge in [0.1, 0.15) is 0 Å². The van der Waals surface area contributed by atoms with Gasteiger partial charge in [-0.2, -0.15) is 4.31 Å². The summed E-state index contributed by atoms with van der Waals surface area (Å²) >= 11 is 0. The molecule has 0 bridgehead atoms. The molecule has 0 fully saturated rings. The average Bonchev–Trinajstić information content (AvgIpc) is 2.40. The first kappa shape index (κ1) is 15.7. The number of nitrogens with zero attached hydrogens (tertiary/aromatic N) is 1. The minimum atomic E-state index is -3.56. The van der Waals surface area contributed by atoms with Gasteiger partial charge in [-0.15, -0.1) is 0 Å². The molecule has 0 spiro atoms. The third-order valence-electron chi connectivity index (χ3n) is 2.45. The van der Waals surface area contributed by atoms with E-state index in [0.29, 0.717) is 12.0 Å². The van der Waals surface area contributed by atoms with Crippen molar-refractivity contribution in [2.45, 2.75) is 11.3 Å². The SMILES string of the molecule is CN(CCO)S(=O)(=O)c1ccc(C#CCCO)cc1. The van der Waals surface area contributed by atoms with Crippen molar-refractivity contribution in [1.29, 1.82) is 0 Å². The number of aliphatic hydroxyl groups excluding tert-OH is 2. The summed E-state index contributed by atoms with van der Waals surface area (Å²) in [5.41, 5.74) is 0.692. The molecule has 0 saturated carbocycles. The summed E-state index contributed by atoms with van der Waals surface area (Å²) in [7, 11) is -2.14. The molecule has 0 aromatic heterocycles. The fourth-order valence-electron chi connectivity index (χ4n) is 1.37. The highest BCUT2D eigenvalue weighted by Gasteiger charge is 2.19. The molecular formula is C13H17NO4S. The summed E-state index contributed by atoms with van der Waals surface area (Å²) in [6.07, 6.45) is 0.388. The minimum absolute atomic E-state index is 0.00537. The number of likely N-dealkylation sites (N-methyl/N-ethyl adjacent to an activating group) is 1. The van der Waals surface area contributed by atoms with Crippen LogP contribution in [0.5, 0.6) is 0 Å². The van der Waals surface area contributed by atoms with Gasteiger partial charge >= 0.3 is 0 Å². The second kappa shape index (κ2) is 7.26. The average molecular weight is 283 g/mol. The Kier molecular flexibility index (Phi) is 5.99. The van der Waals surface area contributed by atoms with Crippen LogP contribution in [0.4, 0.5) is 0 Å². The van der Waals surface area contributed by atoms with Crippen LogP contribution in [0.25, 0.3) is 0 Å². The summed E-state index contributed by atoms with van der Waals surface area (Å²) in [5.74, 6) is 5.58. The Morgan fingerprint density at radius 1 is 1.16 bits per heavy atom. The molecule has 19 heavy (non-hydrogen) atoms. The molecule has 0 unspecified atom stereocenters. The Morgan fingerprint density at radius 2 is 1.79 bits per heavy atom. The van der Waals surface area contributed by atoms with Gasteiger partial charge in [-0.3, -0.25) is 0 Å². The maximum Gasteiger partial charge on any atom is 0.242 e. The third kappa shape index (κ3) is 4.33. The molecule has 6 heteroatoms. The van der Waals surface area contributed by atoms with Gasteiger partial charge in [-0.05, 0) is 24.3 Å². The normalized spacial score (nSPS) is 11.2. The number of sulfonamides is 1. The van der Waals surface area contributed by atoms with E-state index < -0.39 is 10.0 Å². The van der Waals surface area contributed by atoms with E-state index in [2.05, 4.69) is 11.8 Å². The summed E-state index contributed by atoms with van der Waals surface area (Å²) in [6.45, 7) is -0.160. The maximum absolute atomic E-state index is 12.0. The summed E-state index contributed by atoms with van der Waals surface area (Å²) in [5, 5.41) is 17.4. The first-order valence-corrected chi connectivity index (χ1v) is 7.23. The van der Waals surface area contributed by atoms with Crippen LogP contribution in [-0.4, -0.2) is 49.7 Å². The van der Waals surface area contributed by atoms with E-state index >= 15 is 0 Å². The zero-order valence-electron chi connectivity index (χ0n) is 10.7. The summed E-state index contributed by atoms with van der Waals surface area (Å²) < 4.78 is 25.2. The number of rotatable bonds is 5. The zero-order chi connectivity index (χ0) is 14.3. The molecular weight excluding hydrogens is 266 g/mol. The summed E-state index contributed by atoms with van der Waals surface area (Å²) in [6, 6.07) is 6.19. The van der Waals surface area contributed by atoms with E-state index in [1.165, 1.54) is 19.2 Å². The lowest BCUT2D eigenvalue weighted by Gasteiger charge is -2.15. The lowest BCUT2D eigenvalue weighted by Crippen LogP contribution is -2.29. The summed E-state index contributed by atoms with van der Waals surface area (Å²) in [4.78, 5) is 0.163. The Bertz CT molecular complexity index is 555.